The fourth-order valence-corrected chi connectivity index (χ4v) is 1.88. The van der Waals surface area contributed by atoms with Gasteiger partial charge in [0.05, 0.1) is 12.8 Å². The summed E-state index contributed by atoms with van der Waals surface area (Å²) < 4.78 is 5.87. The van der Waals surface area contributed by atoms with Gasteiger partial charge >= 0.3 is 0 Å². The van der Waals surface area contributed by atoms with Gasteiger partial charge in [0.25, 0.3) is 5.91 Å². The SMILES string of the molecule is COc1ccc(Br)c(NC(=O)c2ccc(O)cc2)c1. The van der Waals surface area contributed by atoms with Gasteiger partial charge in [-0.05, 0) is 52.3 Å². The second-order valence-corrected chi connectivity index (χ2v) is 4.70. The summed E-state index contributed by atoms with van der Waals surface area (Å²) in [5.74, 6) is 0.525. The van der Waals surface area contributed by atoms with Gasteiger partial charge in [0.15, 0.2) is 0 Å². The summed E-state index contributed by atoms with van der Waals surface area (Å²) in [6.07, 6.45) is 0. The summed E-state index contributed by atoms with van der Waals surface area (Å²) in [6.45, 7) is 0. The lowest BCUT2D eigenvalue weighted by Gasteiger charge is -2.09. The zero-order valence-corrected chi connectivity index (χ0v) is 11.8. The molecule has 0 saturated carbocycles. The van der Waals surface area contributed by atoms with Crippen LogP contribution < -0.4 is 10.1 Å². The van der Waals surface area contributed by atoms with E-state index in [9.17, 15) is 9.90 Å². The number of amides is 1. The van der Waals surface area contributed by atoms with Crippen LogP contribution in [0.25, 0.3) is 0 Å². The highest BCUT2D eigenvalue weighted by atomic mass is 79.9. The van der Waals surface area contributed by atoms with Crippen molar-refractivity contribution in [3.05, 3.63) is 52.5 Å². The minimum absolute atomic E-state index is 0.124. The Balaban J connectivity index is 2.21. The van der Waals surface area contributed by atoms with Crippen LogP contribution >= 0.6 is 15.9 Å². The quantitative estimate of drug-likeness (QED) is 0.910. The number of hydrogen-bond acceptors (Lipinski definition) is 3. The second kappa shape index (κ2) is 5.75. The molecule has 0 aliphatic carbocycles. The van der Waals surface area contributed by atoms with E-state index in [0.717, 1.165) is 4.47 Å². The number of phenolic OH excluding ortho intramolecular Hbond substituents is 1. The highest BCUT2D eigenvalue weighted by Crippen LogP contribution is 2.27. The van der Waals surface area contributed by atoms with Gasteiger partial charge in [-0.1, -0.05) is 0 Å². The molecule has 0 fully saturated rings. The van der Waals surface area contributed by atoms with Gasteiger partial charge in [-0.3, -0.25) is 4.79 Å². The molecule has 0 saturated heterocycles. The summed E-state index contributed by atoms with van der Waals surface area (Å²) in [5, 5.41) is 12.0. The molecule has 0 radical (unpaired) electrons. The van der Waals surface area contributed by atoms with Crippen LogP contribution in [0.2, 0.25) is 0 Å². The van der Waals surface area contributed by atoms with Crippen molar-refractivity contribution >= 4 is 27.5 Å². The van der Waals surface area contributed by atoms with Crippen molar-refractivity contribution in [1.82, 2.24) is 0 Å². The van der Waals surface area contributed by atoms with Crippen LogP contribution in [0.4, 0.5) is 5.69 Å². The molecule has 2 N–H and O–H groups in total. The van der Waals surface area contributed by atoms with Crippen molar-refractivity contribution in [3.8, 4) is 11.5 Å². The lowest BCUT2D eigenvalue weighted by Crippen LogP contribution is -2.12. The molecular formula is C14H12BrNO3. The van der Waals surface area contributed by atoms with Crippen molar-refractivity contribution in [2.45, 2.75) is 0 Å². The maximum absolute atomic E-state index is 12.0. The molecule has 2 rings (SSSR count). The normalized spacial score (nSPS) is 10.0. The van der Waals surface area contributed by atoms with Crippen LogP contribution in [0.15, 0.2) is 46.9 Å². The first-order chi connectivity index (χ1) is 9.10. The van der Waals surface area contributed by atoms with Crippen LogP contribution in [0.5, 0.6) is 11.5 Å². The zero-order chi connectivity index (χ0) is 13.8. The average Bonchev–Trinajstić information content (AvgIpc) is 2.42. The van der Waals surface area contributed by atoms with Crippen LogP contribution in [-0.2, 0) is 0 Å². The number of methoxy groups -OCH3 is 1. The van der Waals surface area contributed by atoms with E-state index in [2.05, 4.69) is 21.2 Å². The van der Waals surface area contributed by atoms with E-state index < -0.39 is 0 Å². The molecule has 0 spiro atoms. The first-order valence-corrected chi connectivity index (χ1v) is 6.33. The third kappa shape index (κ3) is 3.26. The van der Waals surface area contributed by atoms with Crippen LogP contribution in [-0.4, -0.2) is 18.1 Å². The fraction of sp³-hybridized carbons (Fsp3) is 0.0714. The molecule has 98 valence electrons. The number of carbonyl (C=O) groups is 1. The van der Waals surface area contributed by atoms with Crippen LogP contribution in [0.1, 0.15) is 10.4 Å². The van der Waals surface area contributed by atoms with E-state index in [0.29, 0.717) is 17.0 Å². The molecule has 5 heteroatoms. The number of phenols is 1. The standard InChI is InChI=1S/C14H12BrNO3/c1-19-11-6-7-12(15)13(8-11)16-14(18)9-2-4-10(17)5-3-9/h2-8,17H,1H3,(H,16,18). The first-order valence-electron chi connectivity index (χ1n) is 5.54. The van der Waals surface area contributed by atoms with Gasteiger partial charge in [-0.2, -0.15) is 0 Å². The third-order valence-electron chi connectivity index (χ3n) is 2.55. The van der Waals surface area contributed by atoms with Crippen molar-refractivity contribution in [3.63, 3.8) is 0 Å². The largest absolute Gasteiger partial charge is 0.508 e. The van der Waals surface area contributed by atoms with Gasteiger partial charge < -0.3 is 15.2 Å². The van der Waals surface area contributed by atoms with E-state index in [4.69, 9.17) is 4.74 Å². The smallest absolute Gasteiger partial charge is 0.255 e. The van der Waals surface area contributed by atoms with E-state index in [-0.39, 0.29) is 11.7 Å². The third-order valence-corrected chi connectivity index (χ3v) is 3.24. The first kappa shape index (κ1) is 13.4. The fourth-order valence-electron chi connectivity index (χ4n) is 1.53. The molecule has 2 aromatic rings. The minimum atomic E-state index is -0.256. The molecule has 2 aromatic carbocycles. The molecule has 0 unspecified atom stereocenters. The number of hydrogen-bond donors (Lipinski definition) is 2. The van der Waals surface area contributed by atoms with Gasteiger partial charge in [0, 0.05) is 16.1 Å². The van der Waals surface area contributed by atoms with Crippen molar-refractivity contribution < 1.29 is 14.6 Å². The van der Waals surface area contributed by atoms with Gasteiger partial charge in [-0.25, -0.2) is 0 Å². The van der Waals surface area contributed by atoms with Gasteiger partial charge in [-0.15, -0.1) is 0 Å². The molecule has 0 bridgehead atoms. The minimum Gasteiger partial charge on any atom is -0.508 e. The lowest BCUT2D eigenvalue weighted by molar-refractivity contribution is 0.102. The number of ether oxygens (including phenoxy) is 1. The molecule has 19 heavy (non-hydrogen) atoms. The lowest BCUT2D eigenvalue weighted by atomic mass is 10.2. The molecule has 0 atom stereocenters. The Morgan fingerprint density at radius 2 is 1.89 bits per heavy atom. The van der Waals surface area contributed by atoms with E-state index >= 15 is 0 Å². The highest BCUT2D eigenvalue weighted by Gasteiger charge is 2.09. The van der Waals surface area contributed by atoms with Crippen molar-refractivity contribution in [1.29, 1.82) is 0 Å². The Labute approximate surface area is 119 Å². The molecule has 4 nitrogen and oxygen atoms in total. The average molecular weight is 322 g/mol. The van der Waals surface area contributed by atoms with Gasteiger partial charge in [0.2, 0.25) is 0 Å². The van der Waals surface area contributed by atoms with E-state index in [1.807, 2.05) is 0 Å². The predicted octanol–water partition coefficient (Wildman–Crippen LogP) is 3.42. The second-order valence-electron chi connectivity index (χ2n) is 3.85. The number of benzene rings is 2. The number of anilines is 1. The summed E-state index contributed by atoms with van der Waals surface area (Å²) in [6, 6.07) is 11.4. The zero-order valence-electron chi connectivity index (χ0n) is 10.2. The molecule has 0 aliphatic rings. The maximum Gasteiger partial charge on any atom is 0.255 e. The predicted molar refractivity (Wildman–Crippen MR) is 76.8 cm³/mol. The number of carbonyl (C=O) groups excluding carboxylic acids is 1. The Kier molecular flexibility index (Phi) is 4.06. The molecule has 0 aromatic heterocycles. The Bertz CT molecular complexity index is 596. The van der Waals surface area contributed by atoms with Crippen molar-refractivity contribution in [2.24, 2.45) is 0 Å². The highest BCUT2D eigenvalue weighted by molar-refractivity contribution is 9.10. The van der Waals surface area contributed by atoms with Crippen LogP contribution in [0.3, 0.4) is 0 Å². The van der Waals surface area contributed by atoms with Gasteiger partial charge in [0.1, 0.15) is 11.5 Å². The number of halogens is 1. The topological polar surface area (TPSA) is 58.6 Å². The monoisotopic (exact) mass is 321 g/mol. The summed E-state index contributed by atoms with van der Waals surface area (Å²) in [7, 11) is 1.56. The van der Waals surface area contributed by atoms with Crippen LogP contribution in [0, 0.1) is 0 Å². The Hall–Kier alpha value is -2.01. The summed E-state index contributed by atoms with van der Waals surface area (Å²) in [5.41, 5.74) is 1.09. The molecule has 1 amide bonds. The molecular weight excluding hydrogens is 310 g/mol. The number of aromatic hydroxyl groups is 1. The Morgan fingerprint density at radius 1 is 1.21 bits per heavy atom. The van der Waals surface area contributed by atoms with Crippen molar-refractivity contribution in [2.75, 3.05) is 12.4 Å². The van der Waals surface area contributed by atoms with E-state index in [1.54, 1.807) is 37.4 Å². The molecule has 0 aliphatic heterocycles. The number of nitrogens with one attached hydrogen (secondary N) is 1. The maximum atomic E-state index is 12.0. The number of rotatable bonds is 3. The summed E-state index contributed by atoms with van der Waals surface area (Å²) in [4.78, 5) is 12.0. The van der Waals surface area contributed by atoms with E-state index in [1.165, 1.54) is 12.1 Å². The molecule has 0 heterocycles. The summed E-state index contributed by atoms with van der Waals surface area (Å²) >= 11 is 3.36. The Morgan fingerprint density at radius 3 is 2.53 bits per heavy atom.